The first-order valence-electron chi connectivity index (χ1n) is 8.59. The largest absolute Gasteiger partial charge is 0.310 e. The molecule has 8 heteroatoms. The molecule has 1 aliphatic rings. The highest BCUT2D eigenvalue weighted by molar-refractivity contribution is 8.00. The third kappa shape index (κ3) is 4.85. The summed E-state index contributed by atoms with van der Waals surface area (Å²) < 4.78 is 27.9. The number of nitrogens with zero attached hydrogens (tertiary/aromatic N) is 1. The van der Waals surface area contributed by atoms with Crippen LogP contribution in [0.15, 0.2) is 52.3 Å². The summed E-state index contributed by atoms with van der Waals surface area (Å²) in [6, 6.07) is 12.3. The fourth-order valence-corrected chi connectivity index (χ4v) is 5.22. The zero-order valence-corrected chi connectivity index (χ0v) is 17.5. The normalized spacial score (nSPS) is 16.9. The molecule has 0 aromatic heterocycles. The Labute approximate surface area is 169 Å². The van der Waals surface area contributed by atoms with Crippen molar-refractivity contribution < 1.29 is 13.2 Å². The number of thioether (sulfide) groups is 1. The van der Waals surface area contributed by atoms with E-state index in [1.54, 1.807) is 47.0 Å². The van der Waals surface area contributed by atoms with Crippen molar-refractivity contribution in [3.05, 3.63) is 53.1 Å². The minimum atomic E-state index is -3.66. The molecule has 2 aromatic carbocycles. The molecule has 0 bridgehead atoms. The summed E-state index contributed by atoms with van der Waals surface area (Å²) in [5.74, 6) is -0.0892. The maximum Gasteiger partial charge on any atom is 0.240 e. The molecule has 0 fully saturated rings. The summed E-state index contributed by atoms with van der Waals surface area (Å²) in [5, 5.41) is 0.914. The van der Waals surface area contributed by atoms with Gasteiger partial charge in [-0.05, 0) is 42.3 Å². The monoisotopic (exact) mass is 424 g/mol. The predicted molar refractivity (Wildman–Crippen MR) is 110 cm³/mol. The van der Waals surface area contributed by atoms with E-state index >= 15 is 0 Å². The fourth-order valence-electron chi connectivity index (χ4n) is 2.95. The first-order valence-corrected chi connectivity index (χ1v) is 11.3. The maximum atomic E-state index is 12.7. The van der Waals surface area contributed by atoms with Crippen LogP contribution in [-0.2, 0) is 21.2 Å². The Balaban J connectivity index is 1.75. The second kappa shape index (κ2) is 8.22. The van der Waals surface area contributed by atoms with E-state index < -0.39 is 10.0 Å². The third-order valence-corrected chi connectivity index (χ3v) is 7.16. The molecule has 1 unspecified atom stereocenters. The zero-order chi connectivity index (χ0) is 19.6. The van der Waals surface area contributed by atoms with Crippen LogP contribution < -0.4 is 9.62 Å². The Kier molecular flexibility index (Phi) is 6.15. The van der Waals surface area contributed by atoms with Crippen molar-refractivity contribution in [2.24, 2.45) is 0 Å². The maximum absolute atomic E-state index is 12.7. The van der Waals surface area contributed by atoms with Crippen LogP contribution in [0.5, 0.6) is 0 Å². The lowest BCUT2D eigenvalue weighted by Gasteiger charge is -2.32. The topological polar surface area (TPSA) is 66.5 Å². The molecule has 0 saturated carbocycles. The van der Waals surface area contributed by atoms with E-state index in [1.807, 2.05) is 19.1 Å². The predicted octanol–water partition coefficient (Wildman–Crippen LogP) is 3.71. The lowest BCUT2D eigenvalue weighted by molar-refractivity contribution is -0.116. The van der Waals surface area contributed by atoms with Gasteiger partial charge in [0.05, 0.1) is 10.6 Å². The third-order valence-electron chi connectivity index (χ3n) is 4.30. The average molecular weight is 425 g/mol. The van der Waals surface area contributed by atoms with Gasteiger partial charge in [0.2, 0.25) is 15.9 Å². The molecule has 0 radical (unpaired) electrons. The number of anilines is 1. The number of carbonyl (C=O) groups is 1. The number of halogens is 1. The van der Waals surface area contributed by atoms with E-state index in [4.69, 9.17) is 11.6 Å². The molecule has 0 saturated heterocycles. The van der Waals surface area contributed by atoms with Crippen molar-refractivity contribution in [2.45, 2.75) is 35.3 Å². The Hall–Kier alpha value is -1.54. The number of fused-ring (bicyclic) bond motifs is 1. The SMILES string of the molecule is CC(=O)N1CC(C)Sc2ccc(S(=O)(=O)NCCc3ccc(Cl)cc3)cc21. The summed E-state index contributed by atoms with van der Waals surface area (Å²) in [5.41, 5.74) is 1.66. The Morgan fingerprint density at radius 2 is 1.96 bits per heavy atom. The highest BCUT2D eigenvalue weighted by atomic mass is 35.5. The molecule has 1 N–H and O–H groups in total. The van der Waals surface area contributed by atoms with Crippen molar-refractivity contribution in [1.82, 2.24) is 4.72 Å². The lowest BCUT2D eigenvalue weighted by Crippen LogP contribution is -2.37. The van der Waals surface area contributed by atoms with Gasteiger partial charge in [-0.1, -0.05) is 30.7 Å². The first kappa shape index (κ1) is 20.2. The van der Waals surface area contributed by atoms with Crippen molar-refractivity contribution in [3.63, 3.8) is 0 Å². The van der Waals surface area contributed by atoms with Crippen LogP contribution in [0.4, 0.5) is 5.69 Å². The second-order valence-electron chi connectivity index (χ2n) is 6.46. The first-order chi connectivity index (χ1) is 12.8. The number of hydrogen-bond donors (Lipinski definition) is 1. The standard InChI is InChI=1S/C19H21ClN2O3S2/c1-13-12-22(14(2)23)18-11-17(7-8-19(18)26-13)27(24,25)21-10-9-15-3-5-16(20)6-4-15/h3-8,11,13,21H,9-10,12H2,1-2H3. The zero-order valence-electron chi connectivity index (χ0n) is 15.1. The fraction of sp³-hybridized carbons (Fsp3) is 0.316. The van der Waals surface area contributed by atoms with E-state index in [0.29, 0.717) is 23.7 Å². The van der Waals surface area contributed by atoms with Crippen molar-refractivity contribution in [2.75, 3.05) is 18.0 Å². The molecule has 1 heterocycles. The number of benzene rings is 2. The van der Waals surface area contributed by atoms with Gasteiger partial charge in [0, 0.05) is 35.2 Å². The molecule has 2 aromatic rings. The van der Waals surface area contributed by atoms with Gasteiger partial charge in [0.15, 0.2) is 0 Å². The molecule has 1 aliphatic heterocycles. The van der Waals surface area contributed by atoms with Crippen LogP contribution in [0.2, 0.25) is 5.02 Å². The van der Waals surface area contributed by atoms with Gasteiger partial charge in [0.1, 0.15) is 0 Å². The number of carbonyl (C=O) groups excluding carboxylic acids is 1. The van der Waals surface area contributed by atoms with E-state index in [9.17, 15) is 13.2 Å². The quantitative estimate of drug-likeness (QED) is 0.794. The molecular formula is C19H21ClN2O3S2. The Morgan fingerprint density at radius 1 is 1.26 bits per heavy atom. The minimum absolute atomic E-state index is 0.0892. The second-order valence-corrected chi connectivity index (χ2v) is 10.1. The molecular weight excluding hydrogens is 404 g/mol. The van der Waals surface area contributed by atoms with Gasteiger partial charge >= 0.3 is 0 Å². The molecule has 1 atom stereocenters. The van der Waals surface area contributed by atoms with Crippen LogP contribution in [0.25, 0.3) is 0 Å². The van der Waals surface area contributed by atoms with Gasteiger partial charge in [-0.15, -0.1) is 11.8 Å². The number of rotatable bonds is 5. The van der Waals surface area contributed by atoms with Crippen LogP contribution in [0, 0.1) is 0 Å². The molecule has 27 heavy (non-hydrogen) atoms. The minimum Gasteiger partial charge on any atom is -0.310 e. The number of amides is 1. The highest BCUT2D eigenvalue weighted by Gasteiger charge is 2.27. The van der Waals surface area contributed by atoms with E-state index in [2.05, 4.69) is 4.72 Å². The lowest BCUT2D eigenvalue weighted by atomic mass is 10.2. The van der Waals surface area contributed by atoms with Crippen LogP contribution in [0.3, 0.4) is 0 Å². The highest BCUT2D eigenvalue weighted by Crippen LogP contribution is 2.39. The van der Waals surface area contributed by atoms with Crippen LogP contribution >= 0.6 is 23.4 Å². The van der Waals surface area contributed by atoms with Gasteiger partial charge in [-0.25, -0.2) is 13.1 Å². The average Bonchev–Trinajstić information content (AvgIpc) is 2.62. The molecule has 0 spiro atoms. The summed E-state index contributed by atoms with van der Waals surface area (Å²) >= 11 is 7.51. The van der Waals surface area contributed by atoms with Crippen LogP contribution in [-0.4, -0.2) is 32.7 Å². The van der Waals surface area contributed by atoms with Gasteiger partial charge in [0.25, 0.3) is 0 Å². The molecule has 1 amide bonds. The van der Waals surface area contributed by atoms with Gasteiger partial charge in [-0.2, -0.15) is 0 Å². The van der Waals surface area contributed by atoms with E-state index in [0.717, 1.165) is 10.5 Å². The number of nitrogens with one attached hydrogen (secondary N) is 1. The van der Waals surface area contributed by atoms with E-state index in [1.165, 1.54) is 6.92 Å². The van der Waals surface area contributed by atoms with Crippen molar-refractivity contribution >= 4 is 45.0 Å². The van der Waals surface area contributed by atoms with E-state index in [-0.39, 0.29) is 22.6 Å². The molecule has 144 valence electrons. The number of hydrogen-bond acceptors (Lipinski definition) is 4. The molecule has 5 nitrogen and oxygen atoms in total. The molecule has 3 rings (SSSR count). The van der Waals surface area contributed by atoms with Crippen LogP contribution in [0.1, 0.15) is 19.4 Å². The summed E-state index contributed by atoms with van der Waals surface area (Å²) in [7, 11) is -3.66. The van der Waals surface area contributed by atoms with Crippen molar-refractivity contribution in [1.29, 1.82) is 0 Å². The Bertz CT molecular complexity index is 946. The molecule has 0 aliphatic carbocycles. The summed E-state index contributed by atoms with van der Waals surface area (Å²) in [6.07, 6.45) is 0.564. The Morgan fingerprint density at radius 3 is 2.63 bits per heavy atom. The van der Waals surface area contributed by atoms with Gasteiger partial charge in [-0.3, -0.25) is 4.79 Å². The van der Waals surface area contributed by atoms with Gasteiger partial charge < -0.3 is 4.90 Å². The summed E-state index contributed by atoms with van der Waals surface area (Å²) in [4.78, 5) is 14.7. The number of sulfonamides is 1. The van der Waals surface area contributed by atoms with Crippen molar-refractivity contribution in [3.8, 4) is 0 Å². The summed E-state index contributed by atoms with van der Waals surface area (Å²) in [6.45, 7) is 4.40. The smallest absolute Gasteiger partial charge is 0.240 e.